The van der Waals surface area contributed by atoms with Crippen molar-refractivity contribution >= 4 is 10.0 Å². The van der Waals surface area contributed by atoms with E-state index in [4.69, 9.17) is 0 Å². The highest BCUT2D eigenvalue weighted by atomic mass is 32.2. The number of hydrogen-bond donors (Lipinski definition) is 0. The Balaban J connectivity index is 1.71. The topological polar surface area (TPSA) is 42.3 Å². The molecule has 128 valence electrons. The van der Waals surface area contributed by atoms with Crippen LogP contribution in [-0.2, 0) is 29.4 Å². The molecule has 1 aliphatic heterocycles. The van der Waals surface area contributed by atoms with Crippen molar-refractivity contribution in [2.75, 3.05) is 6.54 Å². The lowest BCUT2D eigenvalue weighted by Gasteiger charge is -2.34. The third kappa shape index (κ3) is 2.42. The number of hydrogen-bond acceptors (Lipinski definition) is 2. The largest absolute Gasteiger partial charge is 0.346 e. The average molecular weight is 344 g/mol. The zero-order valence-corrected chi connectivity index (χ0v) is 15.1. The number of aromatic nitrogens is 1. The van der Waals surface area contributed by atoms with Crippen LogP contribution < -0.4 is 0 Å². The molecule has 4 rings (SSSR count). The Hall–Kier alpha value is -1.59. The number of fused-ring (bicyclic) bond motifs is 2. The summed E-state index contributed by atoms with van der Waals surface area (Å²) in [4.78, 5) is 0.451. The van der Waals surface area contributed by atoms with Crippen molar-refractivity contribution in [1.29, 1.82) is 0 Å². The Bertz CT molecular complexity index is 883. The van der Waals surface area contributed by atoms with Crippen LogP contribution in [0.15, 0.2) is 35.2 Å². The van der Waals surface area contributed by atoms with E-state index < -0.39 is 10.0 Å². The maximum absolute atomic E-state index is 13.2. The number of benzene rings is 1. The molecule has 1 atom stereocenters. The van der Waals surface area contributed by atoms with Gasteiger partial charge in [0.05, 0.1) is 10.9 Å². The third-order valence-corrected chi connectivity index (χ3v) is 7.53. The minimum Gasteiger partial charge on any atom is -0.346 e. The molecule has 2 heterocycles. The fraction of sp³-hybridized carbons (Fsp3) is 0.474. The summed E-state index contributed by atoms with van der Waals surface area (Å²) < 4.78 is 30.3. The van der Waals surface area contributed by atoms with E-state index >= 15 is 0 Å². The second-order valence-electron chi connectivity index (χ2n) is 6.98. The highest BCUT2D eigenvalue weighted by molar-refractivity contribution is 7.89. The first kappa shape index (κ1) is 15.9. The molecular weight excluding hydrogens is 320 g/mol. The predicted molar refractivity (Wildman–Crippen MR) is 94.6 cm³/mol. The first-order valence-corrected chi connectivity index (χ1v) is 10.2. The van der Waals surface area contributed by atoms with E-state index in [0.717, 1.165) is 31.5 Å². The highest BCUT2D eigenvalue weighted by Gasteiger charge is 2.34. The quantitative estimate of drug-likeness (QED) is 0.837. The van der Waals surface area contributed by atoms with Gasteiger partial charge in [-0.15, -0.1) is 0 Å². The molecule has 0 amide bonds. The maximum Gasteiger partial charge on any atom is 0.243 e. The molecule has 0 spiro atoms. The van der Waals surface area contributed by atoms with Crippen molar-refractivity contribution in [3.05, 3.63) is 52.8 Å². The number of nitrogens with zero attached hydrogens (tertiary/aromatic N) is 2. The van der Waals surface area contributed by atoms with Crippen LogP contribution in [0.3, 0.4) is 0 Å². The molecule has 0 saturated heterocycles. The second-order valence-corrected chi connectivity index (χ2v) is 8.87. The molecule has 24 heavy (non-hydrogen) atoms. The van der Waals surface area contributed by atoms with Crippen LogP contribution in [0.5, 0.6) is 0 Å². The van der Waals surface area contributed by atoms with Crippen LogP contribution in [0.4, 0.5) is 0 Å². The fourth-order valence-electron chi connectivity index (χ4n) is 4.13. The van der Waals surface area contributed by atoms with Gasteiger partial charge in [-0.1, -0.05) is 6.07 Å². The van der Waals surface area contributed by atoms with Gasteiger partial charge in [0.25, 0.3) is 0 Å². The van der Waals surface area contributed by atoms with Crippen LogP contribution in [-0.4, -0.2) is 23.8 Å². The standard InChI is InChI=1S/C19H24N2O2S/c1-14-7-10-19-15(2)21(12-11-20(14)19)24(22,23)18-9-8-16-5-3-4-6-17(16)13-18/h7-10,13,15H,3-6,11-12H2,1-2H3/t15-/m1/s1. The molecule has 0 N–H and O–H groups in total. The van der Waals surface area contributed by atoms with Crippen LogP contribution in [0, 0.1) is 6.92 Å². The van der Waals surface area contributed by atoms with Crippen LogP contribution in [0.1, 0.15) is 48.3 Å². The summed E-state index contributed by atoms with van der Waals surface area (Å²) in [6.07, 6.45) is 4.43. The summed E-state index contributed by atoms with van der Waals surface area (Å²) in [5.74, 6) is 0. The maximum atomic E-state index is 13.2. The van der Waals surface area contributed by atoms with Crippen molar-refractivity contribution in [3.63, 3.8) is 0 Å². The Morgan fingerprint density at radius 3 is 2.54 bits per heavy atom. The lowest BCUT2D eigenvalue weighted by Crippen LogP contribution is -2.41. The van der Waals surface area contributed by atoms with Crippen molar-refractivity contribution in [2.24, 2.45) is 0 Å². The van der Waals surface area contributed by atoms with Gasteiger partial charge in [0.1, 0.15) is 0 Å². The number of sulfonamides is 1. The van der Waals surface area contributed by atoms with Crippen LogP contribution in [0.2, 0.25) is 0 Å². The first-order chi connectivity index (χ1) is 11.5. The lowest BCUT2D eigenvalue weighted by molar-refractivity contribution is 0.280. The van der Waals surface area contributed by atoms with Gasteiger partial charge in [-0.2, -0.15) is 4.31 Å². The summed E-state index contributed by atoms with van der Waals surface area (Å²) >= 11 is 0. The lowest BCUT2D eigenvalue weighted by atomic mass is 9.92. The van der Waals surface area contributed by atoms with Crippen molar-refractivity contribution in [1.82, 2.24) is 8.87 Å². The van der Waals surface area contributed by atoms with Crippen LogP contribution >= 0.6 is 0 Å². The van der Waals surface area contributed by atoms with Gasteiger partial charge >= 0.3 is 0 Å². The molecule has 0 radical (unpaired) electrons. The Morgan fingerprint density at radius 1 is 1.00 bits per heavy atom. The Morgan fingerprint density at radius 2 is 1.75 bits per heavy atom. The Labute approximate surface area is 144 Å². The Kier molecular flexibility index (Phi) is 3.81. The molecular formula is C19H24N2O2S. The molecule has 0 saturated carbocycles. The highest BCUT2D eigenvalue weighted by Crippen LogP contribution is 2.33. The summed E-state index contributed by atoms with van der Waals surface area (Å²) in [6, 6.07) is 9.71. The van der Waals surface area contributed by atoms with Crippen molar-refractivity contribution < 1.29 is 8.42 Å². The normalized spacial score (nSPS) is 21.3. The molecule has 0 bridgehead atoms. The molecule has 2 aromatic rings. The summed E-state index contributed by atoms with van der Waals surface area (Å²) in [5, 5.41) is 0. The zero-order valence-electron chi connectivity index (χ0n) is 14.3. The van der Waals surface area contributed by atoms with Gasteiger partial charge in [-0.25, -0.2) is 8.42 Å². The van der Waals surface area contributed by atoms with Gasteiger partial charge in [0.15, 0.2) is 0 Å². The molecule has 5 heteroatoms. The molecule has 1 aromatic carbocycles. The minimum absolute atomic E-state index is 0.131. The van der Waals surface area contributed by atoms with E-state index in [2.05, 4.69) is 23.6 Å². The van der Waals surface area contributed by atoms with Gasteiger partial charge in [-0.3, -0.25) is 0 Å². The van der Waals surface area contributed by atoms with E-state index in [-0.39, 0.29) is 6.04 Å². The van der Waals surface area contributed by atoms with Gasteiger partial charge in [0.2, 0.25) is 10.0 Å². The summed E-state index contributed by atoms with van der Waals surface area (Å²) in [6.45, 7) is 5.32. The molecule has 0 fully saturated rings. The monoisotopic (exact) mass is 344 g/mol. The van der Waals surface area contributed by atoms with E-state index in [1.807, 2.05) is 19.1 Å². The van der Waals surface area contributed by atoms with Crippen molar-refractivity contribution in [2.45, 2.75) is 57.0 Å². The molecule has 1 aliphatic carbocycles. The second kappa shape index (κ2) is 5.74. The smallest absolute Gasteiger partial charge is 0.243 e. The van der Waals surface area contributed by atoms with Gasteiger partial charge in [-0.05, 0) is 74.9 Å². The van der Waals surface area contributed by atoms with Crippen molar-refractivity contribution in [3.8, 4) is 0 Å². The minimum atomic E-state index is -3.46. The first-order valence-electron chi connectivity index (χ1n) is 8.78. The van der Waals surface area contributed by atoms with E-state index in [0.29, 0.717) is 11.4 Å². The van der Waals surface area contributed by atoms with E-state index in [1.165, 1.54) is 23.2 Å². The van der Waals surface area contributed by atoms with Gasteiger partial charge < -0.3 is 4.57 Å². The van der Waals surface area contributed by atoms with E-state index in [9.17, 15) is 8.42 Å². The summed E-state index contributed by atoms with van der Waals surface area (Å²) in [5.41, 5.74) is 4.81. The average Bonchev–Trinajstić information content (AvgIpc) is 2.96. The zero-order chi connectivity index (χ0) is 16.9. The van der Waals surface area contributed by atoms with Gasteiger partial charge in [0, 0.05) is 24.5 Å². The number of rotatable bonds is 2. The third-order valence-electron chi connectivity index (χ3n) is 5.56. The fourth-order valence-corrected chi connectivity index (χ4v) is 5.78. The molecule has 2 aliphatic rings. The SMILES string of the molecule is Cc1ccc2n1CCN(S(=O)(=O)c1ccc3c(c1)CCCC3)[C@@H]2C. The predicted octanol–water partition coefficient (Wildman–Crippen LogP) is 3.44. The molecule has 1 aromatic heterocycles. The summed E-state index contributed by atoms with van der Waals surface area (Å²) in [7, 11) is -3.46. The van der Waals surface area contributed by atoms with E-state index in [1.54, 1.807) is 10.4 Å². The van der Waals surface area contributed by atoms with Crippen LogP contribution in [0.25, 0.3) is 0 Å². The molecule has 4 nitrogen and oxygen atoms in total. The number of aryl methyl sites for hydroxylation is 3. The molecule has 0 unspecified atom stereocenters.